The zero-order valence-corrected chi connectivity index (χ0v) is 12.3. The van der Waals surface area contributed by atoms with Crippen molar-refractivity contribution in [3.05, 3.63) is 35.9 Å². The lowest BCUT2D eigenvalue weighted by atomic mass is 9.96. The van der Waals surface area contributed by atoms with Crippen molar-refractivity contribution in [1.29, 1.82) is 0 Å². The predicted molar refractivity (Wildman–Crippen MR) is 80.1 cm³/mol. The molecule has 21 heavy (non-hydrogen) atoms. The highest BCUT2D eigenvalue weighted by Crippen LogP contribution is 2.39. The number of rotatable bonds is 7. The molecule has 1 aliphatic carbocycles. The van der Waals surface area contributed by atoms with Crippen LogP contribution in [0.25, 0.3) is 0 Å². The van der Waals surface area contributed by atoms with E-state index < -0.39 is 17.5 Å². The molecule has 0 saturated heterocycles. The standard InChI is InChI=1S/C16H22N2O3/c1-16(14(19)20,13-9-10-13)18-15(21)17-11-5-8-12-6-3-2-4-7-12/h2-4,6-7,13H,5,8-11H2,1H3,(H,19,20)(H2,17,18,21). The molecule has 0 aliphatic heterocycles. The van der Waals surface area contributed by atoms with Crippen LogP contribution in [-0.4, -0.2) is 29.2 Å². The van der Waals surface area contributed by atoms with Gasteiger partial charge in [-0.2, -0.15) is 0 Å². The number of aryl methyl sites for hydroxylation is 1. The maximum atomic E-state index is 11.8. The predicted octanol–water partition coefficient (Wildman–Crippen LogP) is 2.17. The Kier molecular flexibility index (Phi) is 4.83. The van der Waals surface area contributed by atoms with Crippen molar-refractivity contribution in [1.82, 2.24) is 10.6 Å². The molecule has 1 atom stereocenters. The van der Waals surface area contributed by atoms with Gasteiger partial charge in [0.2, 0.25) is 0 Å². The van der Waals surface area contributed by atoms with E-state index in [0.717, 1.165) is 25.7 Å². The fourth-order valence-electron chi connectivity index (χ4n) is 2.41. The van der Waals surface area contributed by atoms with E-state index in [2.05, 4.69) is 22.8 Å². The first kappa shape index (κ1) is 15.4. The highest BCUT2D eigenvalue weighted by atomic mass is 16.4. The molecule has 0 radical (unpaired) electrons. The van der Waals surface area contributed by atoms with Crippen molar-refractivity contribution in [2.75, 3.05) is 6.54 Å². The number of hydrogen-bond donors (Lipinski definition) is 3. The Morgan fingerprint density at radius 2 is 1.95 bits per heavy atom. The molecule has 0 bridgehead atoms. The summed E-state index contributed by atoms with van der Waals surface area (Å²) in [5, 5.41) is 14.6. The number of nitrogens with one attached hydrogen (secondary N) is 2. The zero-order valence-electron chi connectivity index (χ0n) is 12.3. The molecule has 2 amide bonds. The van der Waals surface area contributed by atoms with Crippen LogP contribution in [0.15, 0.2) is 30.3 Å². The minimum atomic E-state index is -1.15. The van der Waals surface area contributed by atoms with E-state index in [1.165, 1.54) is 5.56 Å². The van der Waals surface area contributed by atoms with Crippen LogP contribution in [-0.2, 0) is 11.2 Å². The number of carbonyl (C=O) groups is 2. The molecular formula is C16H22N2O3. The number of benzene rings is 1. The Labute approximate surface area is 124 Å². The lowest BCUT2D eigenvalue weighted by molar-refractivity contribution is -0.144. The van der Waals surface area contributed by atoms with E-state index in [-0.39, 0.29) is 5.92 Å². The number of carbonyl (C=O) groups excluding carboxylic acids is 1. The van der Waals surface area contributed by atoms with Gasteiger partial charge < -0.3 is 15.7 Å². The van der Waals surface area contributed by atoms with Gasteiger partial charge in [-0.25, -0.2) is 9.59 Å². The fraction of sp³-hybridized carbons (Fsp3) is 0.500. The molecular weight excluding hydrogens is 268 g/mol. The minimum Gasteiger partial charge on any atom is -0.480 e. The largest absolute Gasteiger partial charge is 0.480 e. The summed E-state index contributed by atoms with van der Waals surface area (Å²) in [4.78, 5) is 23.1. The smallest absolute Gasteiger partial charge is 0.329 e. The van der Waals surface area contributed by atoms with Crippen molar-refractivity contribution in [3.8, 4) is 0 Å². The van der Waals surface area contributed by atoms with E-state index in [4.69, 9.17) is 0 Å². The summed E-state index contributed by atoms with van der Waals surface area (Å²) in [5.74, 6) is -0.922. The second-order valence-electron chi connectivity index (χ2n) is 5.75. The summed E-state index contributed by atoms with van der Waals surface area (Å²) in [6.45, 7) is 2.11. The number of carboxylic acids is 1. The second-order valence-corrected chi connectivity index (χ2v) is 5.75. The zero-order chi connectivity index (χ0) is 15.3. The van der Waals surface area contributed by atoms with Crippen molar-refractivity contribution < 1.29 is 14.7 Å². The summed E-state index contributed by atoms with van der Waals surface area (Å²) in [6, 6.07) is 9.65. The Hall–Kier alpha value is -2.04. The third kappa shape index (κ3) is 4.21. The van der Waals surface area contributed by atoms with Gasteiger partial charge in [-0.15, -0.1) is 0 Å². The fourth-order valence-corrected chi connectivity index (χ4v) is 2.41. The number of amides is 2. The molecule has 5 heteroatoms. The third-order valence-electron chi connectivity index (χ3n) is 3.98. The van der Waals surface area contributed by atoms with E-state index in [9.17, 15) is 14.7 Å². The SMILES string of the molecule is CC(NC(=O)NCCCc1ccccc1)(C(=O)O)C1CC1. The molecule has 1 saturated carbocycles. The van der Waals surface area contributed by atoms with Gasteiger partial charge in [0.15, 0.2) is 0 Å². The molecule has 1 aromatic rings. The van der Waals surface area contributed by atoms with Crippen LogP contribution in [0, 0.1) is 5.92 Å². The van der Waals surface area contributed by atoms with Crippen molar-refractivity contribution in [2.45, 2.75) is 38.1 Å². The maximum absolute atomic E-state index is 11.8. The molecule has 0 aromatic heterocycles. The molecule has 1 unspecified atom stereocenters. The first-order valence-electron chi connectivity index (χ1n) is 7.35. The van der Waals surface area contributed by atoms with Crippen LogP contribution in [0.1, 0.15) is 31.7 Å². The molecule has 0 heterocycles. The number of urea groups is 1. The molecule has 0 spiro atoms. The van der Waals surface area contributed by atoms with Crippen LogP contribution < -0.4 is 10.6 Å². The van der Waals surface area contributed by atoms with Crippen LogP contribution >= 0.6 is 0 Å². The van der Waals surface area contributed by atoms with E-state index >= 15 is 0 Å². The summed E-state index contributed by atoms with van der Waals surface area (Å²) >= 11 is 0. The van der Waals surface area contributed by atoms with Gasteiger partial charge in [0, 0.05) is 6.54 Å². The number of hydrogen-bond acceptors (Lipinski definition) is 2. The van der Waals surface area contributed by atoms with Crippen molar-refractivity contribution in [3.63, 3.8) is 0 Å². The average molecular weight is 290 g/mol. The topological polar surface area (TPSA) is 78.4 Å². The van der Waals surface area contributed by atoms with Crippen LogP contribution in [0.3, 0.4) is 0 Å². The number of carboxylic acid groups (broad SMARTS) is 1. The van der Waals surface area contributed by atoms with Gasteiger partial charge in [0.05, 0.1) is 0 Å². The van der Waals surface area contributed by atoms with Gasteiger partial charge in [0.1, 0.15) is 5.54 Å². The Morgan fingerprint density at radius 1 is 1.29 bits per heavy atom. The molecule has 1 aliphatic rings. The Bertz CT molecular complexity index is 500. The molecule has 114 valence electrons. The minimum absolute atomic E-state index is 0.0464. The number of aliphatic carboxylic acids is 1. The van der Waals surface area contributed by atoms with Gasteiger partial charge in [-0.1, -0.05) is 30.3 Å². The average Bonchev–Trinajstić information content (AvgIpc) is 3.29. The Balaban J connectivity index is 1.71. The summed E-state index contributed by atoms with van der Waals surface area (Å²) in [7, 11) is 0. The quantitative estimate of drug-likeness (QED) is 0.673. The van der Waals surface area contributed by atoms with E-state index in [1.807, 2.05) is 18.2 Å². The van der Waals surface area contributed by atoms with E-state index in [0.29, 0.717) is 6.54 Å². The van der Waals surface area contributed by atoms with Gasteiger partial charge in [-0.05, 0) is 44.1 Å². The molecule has 2 rings (SSSR count). The van der Waals surface area contributed by atoms with Gasteiger partial charge in [0.25, 0.3) is 0 Å². The summed E-state index contributed by atoms with van der Waals surface area (Å²) in [6.07, 6.45) is 3.43. The monoisotopic (exact) mass is 290 g/mol. The highest BCUT2D eigenvalue weighted by molar-refractivity contribution is 5.86. The molecule has 5 nitrogen and oxygen atoms in total. The molecule has 1 fully saturated rings. The maximum Gasteiger partial charge on any atom is 0.329 e. The van der Waals surface area contributed by atoms with Crippen molar-refractivity contribution in [2.24, 2.45) is 5.92 Å². The summed E-state index contributed by atoms with van der Waals surface area (Å²) in [5.41, 5.74) is 0.0804. The third-order valence-corrected chi connectivity index (χ3v) is 3.98. The lowest BCUT2D eigenvalue weighted by Gasteiger charge is -2.26. The normalized spacial score (nSPS) is 16.8. The first-order chi connectivity index (χ1) is 10.0. The van der Waals surface area contributed by atoms with E-state index in [1.54, 1.807) is 6.92 Å². The lowest BCUT2D eigenvalue weighted by Crippen LogP contribution is -2.56. The molecule has 3 N–H and O–H groups in total. The summed E-state index contributed by atoms with van der Waals surface area (Å²) < 4.78 is 0. The van der Waals surface area contributed by atoms with Crippen LogP contribution in [0.2, 0.25) is 0 Å². The van der Waals surface area contributed by atoms with Gasteiger partial charge in [-0.3, -0.25) is 0 Å². The second kappa shape index (κ2) is 6.61. The van der Waals surface area contributed by atoms with Crippen molar-refractivity contribution >= 4 is 12.0 Å². The first-order valence-corrected chi connectivity index (χ1v) is 7.35. The Morgan fingerprint density at radius 3 is 2.52 bits per heavy atom. The van der Waals surface area contributed by atoms with Gasteiger partial charge >= 0.3 is 12.0 Å². The molecule has 1 aromatic carbocycles. The highest BCUT2D eigenvalue weighted by Gasteiger charge is 2.48. The van der Waals surface area contributed by atoms with Crippen LogP contribution in [0.4, 0.5) is 4.79 Å². The van der Waals surface area contributed by atoms with Crippen LogP contribution in [0.5, 0.6) is 0 Å².